The van der Waals surface area contributed by atoms with Crippen LogP contribution in [0.2, 0.25) is 5.02 Å². The molecule has 120 valence electrons. The largest absolute Gasteiger partial charge is 0.379 e. The number of morpholine rings is 1. The van der Waals surface area contributed by atoms with E-state index in [0.29, 0.717) is 37.4 Å². The van der Waals surface area contributed by atoms with Crippen molar-refractivity contribution in [1.82, 2.24) is 4.90 Å². The molecule has 0 saturated carbocycles. The van der Waals surface area contributed by atoms with Crippen molar-refractivity contribution in [3.63, 3.8) is 0 Å². The number of primary amides is 1. The molecule has 1 fully saturated rings. The molecule has 2 rings (SSSR count). The number of carbonyl (C=O) groups is 1. The highest BCUT2D eigenvalue weighted by molar-refractivity contribution is 6.32. The molecule has 1 aromatic rings. The molecule has 1 heterocycles. The second kappa shape index (κ2) is 6.20. The zero-order valence-electron chi connectivity index (χ0n) is 12.5. The maximum atomic E-state index is 12.2. The summed E-state index contributed by atoms with van der Waals surface area (Å²) in [5.41, 5.74) is 5.56. The number of hydrogen-bond acceptors (Lipinski definition) is 5. The molecule has 1 amide bonds. The number of ether oxygens (including phenoxy) is 1. The van der Waals surface area contributed by atoms with E-state index in [2.05, 4.69) is 0 Å². The lowest BCUT2D eigenvalue weighted by Gasteiger charge is -2.42. The van der Waals surface area contributed by atoms with Gasteiger partial charge in [0.1, 0.15) is 10.6 Å². The van der Waals surface area contributed by atoms with Crippen LogP contribution in [-0.4, -0.2) is 42.0 Å². The number of amides is 1. The number of nitro benzene ring substituents is 1. The molecule has 2 N–H and O–H groups in total. The molecule has 8 heteroatoms. The molecule has 1 unspecified atom stereocenters. The molecule has 1 aromatic carbocycles. The van der Waals surface area contributed by atoms with Gasteiger partial charge in [0.15, 0.2) is 0 Å². The molecule has 0 bridgehead atoms. The number of aryl methyl sites for hydroxylation is 1. The first-order chi connectivity index (χ1) is 10.3. The van der Waals surface area contributed by atoms with Gasteiger partial charge in [0.2, 0.25) is 5.91 Å². The third-order valence-corrected chi connectivity index (χ3v) is 4.44. The van der Waals surface area contributed by atoms with E-state index in [1.165, 1.54) is 12.1 Å². The quantitative estimate of drug-likeness (QED) is 0.668. The Labute approximate surface area is 133 Å². The van der Waals surface area contributed by atoms with Gasteiger partial charge in [-0.1, -0.05) is 11.6 Å². The fraction of sp³-hybridized carbons (Fsp3) is 0.500. The lowest BCUT2D eigenvalue weighted by molar-refractivity contribution is -0.384. The topological polar surface area (TPSA) is 98.7 Å². The molecule has 1 aliphatic heterocycles. The second-order valence-electron chi connectivity index (χ2n) is 5.41. The van der Waals surface area contributed by atoms with Crippen LogP contribution in [0.15, 0.2) is 12.1 Å². The van der Waals surface area contributed by atoms with E-state index in [1.807, 2.05) is 4.90 Å². The van der Waals surface area contributed by atoms with Gasteiger partial charge in [-0.25, -0.2) is 0 Å². The van der Waals surface area contributed by atoms with Crippen molar-refractivity contribution in [2.75, 3.05) is 26.3 Å². The summed E-state index contributed by atoms with van der Waals surface area (Å²) >= 11 is 6.01. The van der Waals surface area contributed by atoms with Gasteiger partial charge in [0.05, 0.1) is 18.1 Å². The highest BCUT2D eigenvalue weighted by Gasteiger charge is 2.42. The highest BCUT2D eigenvalue weighted by Crippen LogP contribution is 2.36. The van der Waals surface area contributed by atoms with Gasteiger partial charge in [0.25, 0.3) is 5.69 Å². The molecule has 22 heavy (non-hydrogen) atoms. The van der Waals surface area contributed by atoms with Crippen molar-refractivity contribution >= 4 is 23.2 Å². The number of rotatable bonds is 4. The standard InChI is InChI=1S/C14H18ClN3O4/c1-9-7-12(18(20)21)11(15)8-10(9)14(2,13(16)19)17-3-5-22-6-4-17/h7-8H,3-6H2,1-2H3,(H2,16,19). The van der Waals surface area contributed by atoms with Crippen LogP contribution in [-0.2, 0) is 15.1 Å². The molecule has 0 aliphatic carbocycles. The zero-order valence-corrected chi connectivity index (χ0v) is 13.2. The lowest BCUT2D eigenvalue weighted by atomic mass is 9.85. The first kappa shape index (κ1) is 16.7. The predicted octanol–water partition coefficient (Wildman–Crippen LogP) is 1.59. The van der Waals surface area contributed by atoms with E-state index in [0.717, 1.165) is 0 Å². The van der Waals surface area contributed by atoms with Crippen LogP contribution in [0.3, 0.4) is 0 Å². The maximum absolute atomic E-state index is 12.2. The van der Waals surface area contributed by atoms with Crippen LogP contribution in [0.1, 0.15) is 18.1 Å². The Bertz CT molecular complexity index is 616. The number of carbonyl (C=O) groups excluding carboxylic acids is 1. The minimum absolute atomic E-state index is 0.00802. The van der Waals surface area contributed by atoms with E-state index >= 15 is 0 Å². The Morgan fingerprint density at radius 1 is 1.45 bits per heavy atom. The highest BCUT2D eigenvalue weighted by atomic mass is 35.5. The van der Waals surface area contributed by atoms with Gasteiger partial charge in [-0.15, -0.1) is 0 Å². The summed E-state index contributed by atoms with van der Waals surface area (Å²) in [6.45, 7) is 5.53. The monoisotopic (exact) mass is 327 g/mol. The molecule has 0 spiro atoms. The number of nitro groups is 1. The van der Waals surface area contributed by atoms with Crippen molar-refractivity contribution < 1.29 is 14.5 Å². The number of hydrogen-bond donors (Lipinski definition) is 1. The fourth-order valence-electron chi connectivity index (χ4n) is 2.80. The van der Waals surface area contributed by atoms with Crippen molar-refractivity contribution in [2.24, 2.45) is 5.73 Å². The Hall–Kier alpha value is -1.70. The fourth-order valence-corrected chi connectivity index (χ4v) is 3.03. The summed E-state index contributed by atoms with van der Waals surface area (Å²) in [7, 11) is 0. The van der Waals surface area contributed by atoms with Crippen molar-refractivity contribution in [3.05, 3.63) is 38.4 Å². The van der Waals surface area contributed by atoms with E-state index in [4.69, 9.17) is 22.1 Å². The third kappa shape index (κ3) is 2.79. The summed E-state index contributed by atoms with van der Waals surface area (Å²) in [5.74, 6) is -0.526. The Kier molecular flexibility index (Phi) is 4.69. The van der Waals surface area contributed by atoms with Crippen LogP contribution in [0.4, 0.5) is 5.69 Å². The first-order valence-electron chi connectivity index (χ1n) is 6.86. The van der Waals surface area contributed by atoms with Gasteiger partial charge in [0, 0.05) is 19.2 Å². The number of nitrogens with zero attached hydrogens (tertiary/aromatic N) is 2. The molecule has 7 nitrogen and oxygen atoms in total. The number of benzene rings is 1. The van der Waals surface area contributed by atoms with Gasteiger partial charge < -0.3 is 10.5 Å². The Morgan fingerprint density at radius 2 is 2.05 bits per heavy atom. The minimum atomic E-state index is -1.09. The zero-order chi connectivity index (χ0) is 16.5. The van der Waals surface area contributed by atoms with E-state index < -0.39 is 16.4 Å². The van der Waals surface area contributed by atoms with Crippen LogP contribution in [0.5, 0.6) is 0 Å². The van der Waals surface area contributed by atoms with E-state index in [-0.39, 0.29) is 10.7 Å². The van der Waals surface area contributed by atoms with E-state index in [1.54, 1.807) is 13.8 Å². The van der Waals surface area contributed by atoms with Crippen molar-refractivity contribution in [1.29, 1.82) is 0 Å². The third-order valence-electron chi connectivity index (χ3n) is 4.14. The SMILES string of the molecule is Cc1cc([N+](=O)[O-])c(Cl)cc1C(C)(C(N)=O)N1CCOCC1. The smallest absolute Gasteiger partial charge is 0.288 e. The normalized spacial score (nSPS) is 18.7. The molecular formula is C14H18ClN3O4. The number of halogens is 1. The van der Waals surface area contributed by atoms with Gasteiger partial charge >= 0.3 is 0 Å². The van der Waals surface area contributed by atoms with Crippen molar-refractivity contribution in [2.45, 2.75) is 19.4 Å². The van der Waals surface area contributed by atoms with Crippen LogP contribution < -0.4 is 5.73 Å². The summed E-state index contributed by atoms with van der Waals surface area (Å²) in [6.07, 6.45) is 0. The maximum Gasteiger partial charge on any atom is 0.288 e. The second-order valence-corrected chi connectivity index (χ2v) is 5.82. The van der Waals surface area contributed by atoms with Crippen LogP contribution >= 0.6 is 11.6 Å². The van der Waals surface area contributed by atoms with E-state index in [9.17, 15) is 14.9 Å². The molecular weight excluding hydrogens is 310 g/mol. The average Bonchev–Trinajstić information content (AvgIpc) is 2.48. The Morgan fingerprint density at radius 3 is 2.55 bits per heavy atom. The van der Waals surface area contributed by atoms with Gasteiger partial charge in [-0.3, -0.25) is 19.8 Å². The first-order valence-corrected chi connectivity index (χ1v) is 7.24. The van der Waals surface area contributed by atoms with Crippen LogP contribution in [0, 0.1) is 17.0 Å². The average molecular weight is 328 g/mol. The summed E-state index contributed by atoms with van der Waals surface area (Å²) in [5, 5.41) is 11.0. The van der Waals surface area contributed by atoms with Gasteiger partial charge in [-0.05, 0) is 31.0 Å². The van der Waals surface area contributed by atoms with Crippen molar-refractivity contribution in [3.8, 4) is 0 Å². The molecule has 0 radical (unpaired) electrons. The molecule has 1 aliphatic rings. The molecule has 1 atom stereocenters. The predicted molar refractivity (Wildman–Crippen MR) is 81.8 cm³/mol. The van der Waals surface area contributed by atoms with Gasteiger partial charge in [-0.2, -0.15) is 0 Å². The van der Waals surface area contributed by atoms with Crippen LogP contribution in [0.25, 0.3) is 0 Å². The Balaban J connectivity index is 2.55. The molecule has 1 saturated heterocycles. The minimum Gasteiger partial charge on any atom is -0.379 e. The summed E-state index contributed by atoms with van der Waals surface area (Å²) in [6, 6.07) is 2.84. The lowest BCUT2D eigenvalue weighted by Crippen LogP contribution is -2.56. The summed E-state index contributed by atoms with van der Waals surface area (Å²) in [4.78, 5) is 24.5. The molecule has 0 aromatic heterocycles. The summed E-state index contributed by atoms with van der Waals surface area (Å²) < 4.78 is 5.31. The number of nitrogens with two attached hydrogens (primary N) is 1.